The van der Waals surface area contributed by atoms with Crippen LogP contribution in [0.3, 0.4) is 0 Å². The van der Waals surface area contributed by atoms with Gasteiger partial charge in [0.15, 0.2) is 0 Å². The number of hydrogen-bond acceptors (Lipinski definition) is 2. The highest BCUT2D eigenvalue weighted by Crippen LogP contribution is 2.53. The third kappa shape index (κ3) is 4.38. The molecule has 1 saturated carbocycles. The van der Waals surface area contributed by atoms with E-state index in [4.69, 9.17) is 0 Å². The van der Waals surface area contributed by atoms with Gasteiger partial charge in [-0.05, 0) is 78.5 Å². The van der Waals surface area contributed by atoms with Crippen LogP contribution in [0, 0.1) is 17.8 Å². The molecule has 0 radical (unpaired) electrons. The van der Waals surface area contributed by atoms with E-state index in [1.54, 1.807) is 0 Å². The summed E-state index contributed by atoms with van der Waals surface area (Å²) in [4.78, 5) is 0. The Hall–Kier alpha value is -1.54. The first kappa shape index (κ1) is 22.6. The maximum Gasteiger partial charge on any atom is 0.120 e. The maximum absolute atomic E-state index is 11.2. The summed E-state index contributed by atoms with van der Waals surface area (Å²) in [6.45, 7) is 9.27. The molecule has 3 aliphatic rings. The average molecular weight is 423 g/mol. The Morgan fingerprint density at radius 1 is 1.06 bits per heavy atom. The molecule has 0 spiro atoms. The van der Waals surface area contributed by atoms with Gasteiger partial charge in [-0.1, -0.05) is 76.7 Å². The van der Waals surface area contributed by atoms with Gasteiger partial charge in [0.2, 0.25) is 0 Å². The van der Waals surface area contributed by atoms with Crippen molar-refractivity contribution in [2.45, 2.75) is 96.8 Å². The van der Waals surface area contributed by atoms with Crippen molar-refractivity contribution in [1.29, 1.82) is 0 Å². The molecule has 0 aromatic heterocycles. The predicted molar refractivity (Wildman–Crippen MR) is 130 cm³/mol. The molecule has 3 aliphatic carbocycles. The number of unbranched alkanes of at least 4 members (excludes halogenated alkanes) is 1. The van der Waals surface area contributed by atoms with Gasteiger partial charge in [-0.2, -0.15) is 0 Å². The zero-order valence-corrected chi connectivity index (χ0v) is 20.1. The summed E-state index contributed by atoms with van der Waals surface area (Å²) in [5, 5.41) is 21.5. The Balaban J connectivity index is 1.71. The second kappa shape index (κ2) is 9.14. The van der Waals surface area contributed by atoms with Gasteiger partial charge in [-0.15, -0.1) is 0 Å². The van der Waals surface area contributed by atoms with Crippen LogP contribution in [-0.4, -0.2) is 16.8 Å². The molecule has 4 rings (SSSR count). The lowest BCUT2D eigenvalue weighted by atomic mass is 9.62. The van der Waals surface area contributed by atoms with Crippen LogP contribution in [0.15, 0.2) is 29.4 Å². The van der Waals surface area contributed by atoms with Crippen LogP contribution in [0.4, 0.5) is 0 Å². The van der Waals surface area contributed by atoms with Crippen molar-refractivity contribution < 1.29 is 10.2 Å². The van der Waals surface area contributed by atoms with Gasteiger partial charge in [0.05, 0.1) is 6.61 Å². The Bertz CT molecular complexity index is 854. The summed E-state index contributed by atoms with van der Waals surface area (Å²) in [5.41, 5.74) is 6.23. The van der Waals surface area contributed by atoms with Crippen LogP contribution in [0.5, 0.6) is 5.75 Å². The summed E-state index contributed by atoms with van der Waals surface area (Å²) in [6, 6.07) is 4.35. The predicted octanol–water partition coefficient (Wildman–Crippen LogP) is 7.50. The Kier molecular flexibility index (Phi) is 6.68. The standard InChI is InChI=1S/C29H42O2/c1-5-6-12-29(3,4)23-14-21-13-19(2)24-17-25(20-10-8-7-9-11-20)22(18-30)15-26(24)28(21)27(31)16-23/h13-16,20,24-26,30-31H,5-12,17-18H2,1-4H3. The summed E-state index contributed by atoms with van der Waals surface area (Å²) < 4.78 is 0. The molecule has 0 amide bonds. The molecule has 0 aliphatic heterocycles. The molecule has 2 heteroatoms. The van der Waals surface area contributed by atoms with Gasteiger partial charge in [-0.25, -0.2) is 0 Å². The average Bonchev–Trinajstić information content (AvgIpc) is 2.77. The number of phenols is 1. The third-order valence-electron chi connectivity index (χ3n) is 8.64. The molecule has 0 bridgehead atoms. The van der Waals surface area contributed by atoms with E-state index in [0.717, 1.165) is 24.3 Å². The summed E-state index contributed by atoms with van der Waals surface area (Å²) in [6.07, 6.45) is 16.0. The van der Waals surface area contributed by atoms with Crippen molar-refractivity contribution >= 4 is 6.08 Å². The van der Waals surface area contributed by atoms with Crippen molar-refractivity contribution in [2.75, 3.05) is 6.61 Å². The normalized spacial score (nSPS) is 26.7. The minimum Gasteiger partial charge on any atom is -0.508 e. The molecule has 0 saturated heterocycles. The second-order valence-corrected chi connectivity index (χ2v) is 11.1. The third-order valence-corrected chi connectivity index (χ3v) is 8.64. The first-order chi connectivity index (χ1) is 14.9. The number of hydrogen-bond donors (Lipinski definition) is 2. The Morgan fingerprint density at radius 2 is 1.81 bits per heavy atom. The number of aliphatic hydroxyl groups excluding tert-OH is 1. The maximum atomic E-state index is 11.2. The molecule has 3 unspecified atom stereocenters. The van der Waals surface area contributed by atoms with Crippen LogP contribution in [0.2, 0.25) is 0 Å². The van der Waals surface area contributed by atoms with E-state index < -0.39 is 0 Å². The minimum absolute atomic E-state index is 0.0614. The first-order valence-electron chi connectivity index (χ1n) is 12.7. The van der Waals surface area contributed by atoms with E-state index in [1.165, 1.54) is 67.2 Å². The fourth-order valence-electron chi connectivity index (χ4n) is 6.65. The fraction of sp³-hybridized carbons (Fsp3) is 0.655. The number of aliphatic hydroxyl groups is 1. The molecule has 2 nitrogen and oxygen atoms in total. The van der Waals surface area contributed by atoms with Gasteiger partial charge in [-0.3, -0.25) is 0 Å². The number of benzene rings is 1. The van der Waals surface area contributed by atoms with Crippen molar-refractivity contribution in [1.82, 2.24) is 0 Å². The molecule has 2 N–H and O–H groups in total. The molecule has 31 heavy (non-hydrogen) atoms. The summed E-state index contributed by atoms with van der Waals surface area (Å²) >= 11 is 0. The smallest absolute Gasteiger partial charge is 0.120 e. The fourth-order valence-corrected chi connectivity index (χ4v) is 6.65. The van der Waals surface area contributed by atoms with Crippen LogP contribution in [-0.2, 0) is 5.41 Å². The van der Waals surface area contributed by atoms with Gasteiger partial charge in [0, 0.05) is 11.5 Å². The zero-order chi connectivity index (χ0) is 22.2. The van der Waals surface area contributed by atoms with Crippen molar-refractivity contribution in [3.8, 4) is 5.75 Å². The molecular formula is C29H42O2. The number of allylic oxidation sites excluding steroid dienone is 2. The SMILES string of the molecule is CCCCC(C)(C)c1cc(O)c2c(c1)C=C(C)C1CC(C3CCCCC3)C(CO)=CC21. The molecule has 1 aromatic carbocycles. The van der Waals surface area contributed by atoms with Crippen LogP contribution in [0.25, 0.3) is 6.08 Å². The van der Waals surface area contributed by atoms with Gasteiger partial charge in [0.1, 0.15) is 5.75 Å². The van der Waals surface area contributed by atoms with Gasteiger partial charge in [0.25, 0.3) is 0 Å². The molecule has 170 valence electrons. The lowest BCUT2D eigenvalue weighted by Crippen LogP contribution is -2.32. The Labute approximate surface area is 189 Å². The van der Waals surface area contributed by atoms with Crippen LogP contribution < -0.4 is 0 Å². The van der Waals surface area contributed by atoms with Crippen LogP contribution in [0.1, 0.15) is 108 Å². The molecule has 1 aromatic rings. The quantitative estimate of drug-likeness (QED) is 0.466. The molecule has 0 heterocycles. The van der Waals surface area contributed by atoms with Gasteiger partial charge < -0.3 is 10.2 Å². The highest BCUT2D eigenvalue weighted by Gasteiger charge is 2.40. The summed E-state index contributed by atoms with van der Waals surface area (Å²) in [5.74, 6) is 2.30. The molecule has 1 fully saturated rings. The van der Waals surface area contributed by atoms with Gasteiger partial charge >= 0.3 is 0 Å². The first-order valence-corrected chi connectivity index (χ1v) is 12.7. The van der Waals surface area contributed by atoms with E-state index in [9.17, 15) is 10.2 Å². The van der Waals surface area contributed by atoms with Crippen molar-refractivity contribution in [3.05, 3.63) is 46.0 Å². The highest BCUT2D eigenvalue weighted by molar-refractivity contribution is 5.68. The number of fused-ring (bicyclic) bond motifs is 3. The van der Waals surface area contributed by atoms with E-state index in [-0.39, 0.29) is 17.9 Å². The van der Waals surface area contributed by atoms with Crippen LogP contribution >= 0.6 is 0 Å². The minimum atomic E-state index is 0.0614. The molecular weight excluding hydrogens is 380 g/mol. The number of phenolic OH excluding ortho intramolecular Hbond substituents is 1. The highest BCUT2D eigenvalue weighted by atomic mass is 16.3. The van der Waals surface area contributed by atoms with Crippen molar-refractivity contribution in [3.63, 3.8) is 0 Å². The number of rotatable bonds is 6. The molecule has 3 atom stereocenters. The van der Waals surface area contributed by atoms with Crippen molar-refractivity contribution in [2.24, 2.45) is 17.8 Å². The largest absolute Gasteiger partial charge is 0.508 e. The number of aromatic hydroxyl groups is 1. The summed E-state index contributed by atoms with van der Waals surface area (Å²) in [7, 11) is 0. The zero-order valence-electron chi connectivity index (χ0n) is 20.1. The lowest BCUT2D eigenvalue weighted by molar-refractivity contribution is 0.203. The topological polar surface area (TPSA) is 40.5 Å². The van der Waals surface area contributed by atoms with E-state index in [1.807, 2.05) is 6.07 Å². The van der Waals surface area contributed by atoms with E-state index in [2.05, 4.69) is 45.9 Å². The second-order valence-electron chi connectivity index (χ2n) is 11.1. The monoisotopic (exact) mass is 422 g/mol. The Morgan fingerprint density at radius 3 is 2.48 bits per heavy atom. The lowest BCUT2D eigenvalue weighted by Gasteiger charge is -2.43. The van der Waals surface area contributed by atoms with E-state index >= 15 is 0 Å². The van der Waals surface area contributed by atoms with E-state index in [0.29, 0.717) is 17.6 Å².